The molecule has 35 heavy (non-hydrogen) atoms. The Morgan fingerprint density at radius 1 is 1.14 bits per heavy atom. The molecule has 13 heteroatoms. The number of rotatable bonds is 5. The Kier molecular flexibility index (Phi) is 8.22. The highest BCUT2D eigenvalue weighted by molar-refractivity contribution is 5.93. The van der Waals surface area contributed by atoms with E-state index < -0.39 is 17.7 Å². The Bertz CT molecular complexity index is 1010. The van der Waals surface area contributed by atoms with E-state index in [1.54, 1.807) is 12.3 Å². The molecule has 0 radical (unpaired) electrons. The summed E-state index contributed by atoms with van der Waals surface area (Å²) in [6, 6.07) is 11.7. The molecule has 3 heterocycles. The molecule has 1 spiro atoms. The van der Waals surface area contributed by atoms with Crippen molar-refractivity contribution in [2.45, 2.75) is 24.6 Å². The van der Waals surface area contributed by atoms with Gasteiger partial charge in [-0.3, -0.25) is 9.59 Å². The van der Waals surface area contributed by atoms with Crippen molar-refractivity contribution in [1.82, 2.24) is 25.5 Å². The van der Waals surface area contributed by atoms with Crippen LogP contribution >= 0.6 is 0 Å². The Balaban J connectivity index is 0.000000429. The molecule has 1 aromatic heterocycles. The van der Waals surface area contributed by atoms with E-state index in [2.05, 4.69) is 42.5 Å². The smallest absolute Gasteiger partial charge is 0.475 e. The van der Waals surface area contributed by atoms with Crippen molar-refractivity contribution in [3.05, 3.63) is 54.6 Å². The fourth-order valence-electron chi connectivity index (χ4n) is 4.02. The molecule has 0 unspecified atom stereocenters. The molecule has 3 N–H and O–H groups in total. The first kappa shape index (κ1) is 25.9. The average molecular weight is 494 g/mol. The van der Waals surface area contributed by atoms with Crippen LogP contribution in [0.5, 0.6) is 0 Å². The van der Waals surface area contributed by atoms with Crippen LogP contribution in [0.15, 0.2) is 48.9 Å². The van der Waals surface area contributed by atoms with Gasteiger partial charge in [0.2, 0.25) is 5.91 Å². The maximum atomic E-state index is 12.7. The molecule has 2 saturated heterocycles. The SMILES string of the molecule is O=C(NCCN1CCC2(CC1)C(=O)NCN2c1ccccc1)c1ccncn1.O=C(O)C(F)(F)F. The third-order valence-corrected chi connectivity index (χ3v) is 5.86. The Hall–Kier alpha value is -3.74. The molecule has 188 valence electrons. The second kappa shape index (κ2) is 11.1. The van der Waals surface area contributed by atoms with Crippen molar-refractivity contribution >= 4 is 23.5 Å². The number of aliphatic carboxylic acids is 1. The molecular weight excluding hydrogens is 469 g/mol. The Morgan fingerprint density at radius 2 is 1.80 bits per heavy atom. The lowest BCUT2D eigenvalue weighted by molar-refractivity contribution is -0.192. The van der Waals surface area contributed by atoms with Crippen LogP contribution in [-0.4, -0.2) is 82.3 Å². The lowest BCUT2D eigenvalue weighted by atomic mass is 9.85. The van der Waals surface area contributed by atoms with Gasteiger partial charge in [-0.25, -0.2) is 14.8 Å². The van der Waals surface area contributed by atoms with Crippen molar-refractivity contribution in [3.8, 4) is 0 Å². The summed E-state index contributed by atoms with van der Waals surface area (Å²) in [6.07, 6.45) is -0.623. The van der Waals surface area contributed by atoms with Crippen LogP contribution in [0.2, 0.25) is 0 Å². The van der Waals surface area contributed by atoms with Gasteiger partial charge in [-0.05, 0) is 31.0 Å². The van der Waals surface area contributed by atoms with E-state index in [9.17, 15) is 22.8 Å². The van der Waals surface area contributed by atoms with Crippen molar-refractivity contribution in [3.63, 3.8) is 0 Å². The number of hydrogen-bond acceptors (Lipinski definition) is 7. The molecule has 0 saturated carbocycles. The van der Waals surface area contributed by atoms with Crippen LogP contribution < -0.4 is 15.5 Å². The maximum Gasteiger partial charge on any atom is 0.490 e. The second-order valence-electron chi connectivity index (χ2n) is 7.95. The van der Waals surface area contributed by atoms with Crippen molar-refractivity contribution in [1.29, 1.82) is 0 Å². The van der Waals surface area contributed by atoms with E-state index in [1.165, 1.54) is 6.33 Å². The lowest BCUT2D eigenvalue weighted by Crippen LogP contribution is -2.57. The number of carbonyl (C=O) groups is 3. The van der Waals surface area contributed by atoms with Gasteiger partial charge >= 0.3 is 12.1 Å². The largest absolute Gasteiger partial charge is 0.490 e. The minimum Gasteiger partial charge on any atom is -0.475 e. The minimum atomic E-state index is -5.08. The van der Waals surface area contributed by atoms with Gasteiger partial charge in [-0.2, -0.15) is 13.2 Å². The topological polar surface area (TPSA) is 128 Å². The standard InChI is InChI=1S/C20H24N6O2.C2HF3O2/c27-18(17-6-9-21-14-23-17)22-10-13-25-11-7-20(8-12-25)19(28)24-15-26(20)16-4-2-1-3-5-16;3-2(4,5)1(6)7/h1-6,9,14H,7-8,10-13,15H2,(H,22,27)(H,24,28);(H,6,7). The highest BCUT2D eigenvalue weighted by Crippen LogP contribution is 2.35. The molecule has 0 aliphatic carbocycles. The number of carboxylic acid groups (broad SMARTS) is 1. The average Bonchev–Trinajstić information content (AvgIpc) is 3.16. The molecule has 10 nitrogen and oxygen atoms in total. The van der Waals surface area contributed by atoms with Crippen LogP contribution in [-0.2, 0) is 9.59 Å². The zero-order valence-electron chi connectivity index (χ0n) is 18.7. The van der Waals surface area contributed by atoms with Crippen LogP contribution in [0, 0.1) is 0 Å². The predicted octanol–water partition coefficient (Wildman–Crippen LogP) is 1.27. The summed E-state index contributed by atoms with van der Waals surface area (Å²) in [5, 5.41) is 13.0. The number of aromatic nitrogens is 2. The number of carbonyl (C=O) groups excluding carboxylic acids is 2. The molecule has 2 aliphatic rings. The van der Waals surface area contributed by atoms with E-state index >= 15 is 0 Å². The molecular formula is C22H25F3N6O4. The number of benzene rings is 1. The number of para-hydroxylation sites is 1. The number of piperidine rings is 1. The van der Waals surface area contributed by atoms with E-state index in [0.29, 0.717) is 18.9 Å². The second-order valence-corrected chi connectivity index (χ2v) is 7.95. The lowest BCUT2D eigenvalue weighted by Gasteiger charge is -2.43. The van der Waals surface area contributed by atoms with Crippen LogP contribution in [0.3, 0.4) is 0 Å². The zero-order chi connectivity index (χ0) is 25.5. The number of hydrogen-bond donors (Lipinski definition) is 3. The first-order chi connectivity index (χ1) is 16.6. The van der Waals surface area contributed by atoms with E-state index in [4.69, 9.17) is 9.90 Å². The number of carboxylic acids is 1. The maximum absolute atomic E-state index is 12.7. The number of nitrogens with one attached hydrogen (secondary N) is 2. The first-order valence-electron chi connectivity index (χ1n) is 10.8. The Morgan fingerprint density at radius 3 is 2.37 bits per heavy atom. The number of likely N-dealkylation sites (tertiary alicyclic amines) is 1. The molecule has 2 fully saturated rings. The summed E-state index contributed by atoms with van der Waals surface area (Å²) in [4.78, 5) is 45.9. The van der Waals surface area contributed by atoms with Gasteiger partial charge < -0.3 is 25.5 Å². The quantitative estimate of drug-likeness (QED) is 0.567. The van der Waals surface area contributed by atoms with E-state index in [0.717, 1.165) is 38.2 Å². The molecule has 2 aromatic rings. The number of nitrogens with zero attached hydrogens (tertiary/aromatic N) is 4. The number of alkyl halides is 3. The molecule has 0 bridgehead atoms. The van der Waals surface area contributed by atoms with E-state index in [-0.39, 0.29) is 11.8 Å². The summed E-state index contributed by atoms with van der Waals surface area (Å²) >= 11 is 0. The third kappa shape index (κ3) is 6.44. The first-order valence-corrected chi connectivity index (χ1v) is 10.8. The minimum absolute atomic E-state index is 0.119. The van der Waals surface area contributed by atoms with Gasteiger partial charge in [-0.15, -0.1) is 0 Å². The highest BCUT2D eigenvalue weighted by Gasteiger charge is 2.50. The van der Waals surface area contributed by atoms with E-state index in [1.807, 2.05) is 18.2 Å². The van der Waals surface area contributed by atoms with Crippen molar-refractivity contribution in [2.75, 3.05) is 37.7 Å². The summed E-state index contributed by atoms with van der Waals surface area (Å²) < 4.78 is 31.7. The number of halogens is 3. The van der Waals surface area contributed by atoms with Gasteiger partial charge in [0.05, 0.1) is 6.67 Å². The Labute approximate surface area is 199 Å². The zero-order valence-corrected chi connectivity index (χ0v) is 18.7. The van der Waals surface area contributed by atoms with Gasteiger partial charge in [0.1, 0.15) is 17.6 Å². The molecule has 4 rings (SSSR count). The number of anilines is 1. The monoisotopic (exact) mass is 494 g/mol. The molecule has 1 aromatic carbocycles. The predicted molar refractivity (Wildman–Crippen MR) is 118 cm³/mol. The van der Waals surface area contributed by atoms with Crippen LogP contribution in [0.1, 0.15) is 23.3 Å². The fourth-order valence-corrected chi connectivity index (χ4v) is 4.02. The fraction of sp³-hybridized carbons (Fsp3) is 0.409. The normalized spacial score (nSPS) is 17.3. The van der Waals surface area contributed by atoms with Gasteiger partial charge in [0, 0.05) is 38.1 Å². The summed E-state index contributed by atoms with van der Waals surface area (Å²) in [7, 11) is 0. The highest BCUT2D eigenvalue weighted by atomic mass is 19.4. The third-order valence-electron chi connectivity index (χ3n) is 5.86. The molecule has 2 aliphatic heterocycles. The van der Waals surface area contributed by atoms with Crippen molar-refractivity contribution < 1.29 is 32.7 Å². The molecule has 2 amide bonds. The van der Waals surface area contributed by atoms with Crippen molar-refractivity contribution in [2.24, 2.45) is 0 Å². The van der Waals surface area contributed by atoms with Gasteiger partial charge in [0.25, 0.3) is 5.91 Å². The summed E-state index contributed by atoms with van der Waals surface area (Å²) in [5.74, 6) is -2.83. The molecule has 0 atom stereocenters. The van der Waals surface area contributed by atoms with Crippen LogP contribution in [0.4, 0.5) is 18.9 Å². The van der Waals surface area contributed by atoms with Crippen LogP contribution in [0.25, 0.3) is 0 Å². The summed E-state index contributed by atoms with van der Waals surface area (Å²) in [5.41, 5.74) is 0.974. The number of amides is 2. The summed E-state index contributed by atoms with van der Waals surface area (Å²) in [6.45, 7) is 3.49. The van der Waals surface area contributed by atoms with Gasteiger partial charge in [-0.1, -0.05) is 18.2 Å². The van der Waals surface area contributed by atoms with Gasteiger partial charge in [0.15, 0.2) is 0 Å².